The smallest absolute Gasteiger partial charge is 0.159 e. The van der Waals surface area contributed by atoms with Crippen molar-refractivity contribution in [2.45, 2.75) is 12.6 Å². The van der Waals surface area contributed by atoms with Crippen LogP contribution in [0.15, 0.2) is 65.9 Å². The van der Waals surface area contributed by atoms with Crippen LogP contribution < -0.4 is 0 Å². The van der Waals surface area contributed by atoms with Gasteiger partial charge < -0.3 is 0 Å². The van der Waals surface area contributed by atoms with E-state index < -0.39 is 0 Å². The second-order valence-corrected chi connectivity index (χ2v) is 4.65. The van der Waals surface area contributed by atoms with Gasteiger partial charge in [-0.05, 0) is 5.56 Å². The van der Waals surface area contributed by atoms with Gasteiger partial charge in [-0.15, -0.1) is 4.70 Å². The lowest BCUT2D eigenvalue weighted by molar-refractivity contribution is -0.567. The first-order valence-electron chi connectivity index (χ1n) is 6.40. The van der Waals surface area contributed by atoms with Crippen molar-refractivity contribution in [3.63, 3.8) is 0 Å². The van der Waals surface area contributed by atoms with Crippen LogP contribution in [0.5, 0.6) is 0 Å². The topological polar surface area (TPSA) is 18.6 Å². The molecule has 0 aromatic heterocycles. The Morgan fingerprint density at radius 1 is 1.05 bits per heavy atom. The zero-order valence-corrected chi connectivity index (χ0v) is 10.9. The highest BCUT2D eigenvalue weighted by molar-refractivity contribution is 5.21. The van der Waals surface area contributed by atoms with Gasteiger partial charge in [0.15, 0.2) is 6.04 Å². The minimum Gasteiger partial charge on any atom is -0.159 e. The average Bonchev–Trinajstić information content (AvgIpc) is 2.82. The summed E-state index contributed by atoms with van der Waals surface area (Å²) in [4.78, 5) is 0. The Labute approximate surface area is 113 Å². The van der Waals surface area contributed by atoms with Gasteiger partial charge in [-0.25, -0.2) is 0 Å². The second kappa shape index (κ2) is 5.22. The molecule has 0 fully saturated rings. The Hall–Kier alpha value is -2.16. The fraction of sp³-hybridized carbons (Fsp3) is 0.188. The number of likely N-dealkylation sites (N-methyl/N-ethyl adjacent to an activating group) is 1. The third-order valence-corrected chi connectivity index (χ3v) is 3.18. The van der Waals surface area contributed by atoms with Crippen molar-refractivity contribution in [3.05, 3.63) is 78.3 Å². The summed E-state index contributed by atoms with van der Waals surface area (Å²) < 4.78 is 1.88. The molecule has 19 heavy (non-hydrogen) atoms. The minimum atomic E-state index is 0.102. The highest BCUT2D eigenvalue weighted by Gasteiger charge is 2.34. The molecule has 1 unspecified atom stereocenters. The molecule has 0 saturated carbocycles. The summed E-state index contributed by atoms with van der Waals surface area (Å²) in [7, 11) is 1.98. The van der Waals surface area contributed by atoms with E-state index in [9.17, 15) is 0 Å². The van der Waals surface area contributed by atoms with Gasteiger partial charge in [0, 0.05) is 5.56 Å². The van der Waals surface area contributed by atoms with Gasteiger partial charge in [0.25, 0.3) is 6.54 Å². The Morgan fingerprint density at radius 3 is 2.37 bits per heavy atom. The van der Waals surface area contributed by atoms with Crippen LogP contribution in [0.25, 0.3) is 0 Å². The Morgan fingerprint density at radius 2 is 1.68 bits per heavy atom. The van der Waals surface area contributed by atoms with E-state index in [4.69, 9.17) is 0 Å². The molecule has 1 aliphatic rings. The van der Waals surface area contributed by atoms with Crippen LogP contribution in [0.3, 0.4) is 0 Å². The molecule has 0 spiro atoms. The molecule has 0 aliphatic carbocycles. The van der Waals surface area contributed by atoms with Crippen molar-refractivity contribution >= 4 is 0 Å². The molecular formula is C16H16N3+. The maximum atomic E-state index is 4.50. The molecule has 3 rings (SSSR count). The molecule has 0 N–H and O–H groups in total. The van der Waals surface area contributed by atoms with E-state index in [1.807, 2.05) is 53.2 Å². The quantitative estimate of drug-likeness (QED) is 0.765. The molecular weight excluding hydrogens is 234 g/mol. The van der Waals surface area contributed by atoms with Crippen LogP contribution in [-0.2, 0) is 6.54 Å². The van der Waals surface area contributed by atoms with E-state index >= 15 is 0 Å². The van der Waals surface area contributed by atoms with Gasteiger partial charge in [-0.2, -0.15) is 5.01 Å². The summed E-state index contributed by atoms with van der Waals surface area (Å²) in [6.07, 6.45) is 0. The number of rotatable bonds is 3. The normalized spacial score (nSPS) is 18.5. The molecule has 0 amide bonds. The third-order valence-electron chi connectivity index (χ3n) is 3.18. The molecule has 0 saturated heterocycles. The van der Waals surface area contributed by atoms with Crippen molar-refractivity contribution in [2.75, 3.05) is 7.05 Å². The zero-order chi connectivity index (χ0) is 13.1. The predicted molar refractivity (Wildman–Crippen MR) is 73.0 cm³/mol. The molecule has 2 radical (unpaired) electrons. The SMILES string of the molecule is CN1N=[N+](Cc2ccccc2)[C]C1c1ccccc1. The van der Waals surface area contributed by atoms with Crippen LogP contribution in [0.1, 0.15) is 17.2 Å². The van der Waals surface area contributed by atoms with Gasteiger partial charge in [0.2, 0.25) is 0 Å². The number of hydrogen-bond donors (Lipinski definition) is 0. The van der Waals surface area contributed by atoms with Crippen LogP contribution in [0, 0.1) is 6.54 Å². The lowest BCUT2D eigenvalue weighted by Crippen LogP contribution is -2.14. The van der Waals surface area contributed by atoms with Gasteiger partial charge in [0.1, 0.15) is 6.54 Å². The first-order valence-corrected chi connectivity index (χ1v) is 6.40. The summed E-state index contributed by atoms with van der Waals surface area (Å²) in [6.45, 7) is 4.16. The van der Waals surface area contributed by atoms with Crippen LogP contribution >= 0.6 is 0 Å². The summed E-state index contributed by atoms with van der Waals surface area (Å²) in [5.41, 5.74) is 2.45. The largest absolute Gasteiger partial charge is 0.281 e. The minimum absolute atomic E-state index is 0.102. The number of hydrogen-bond acceptors (Lipinski definition) is 2. The standard InChI is InChI=1S/C16H16N3/c1-18-16(15-10-6-3-7-11-15)13-19(17-18)12-14-8-4-2-5-9-14/h2-11,16H,12H2,1H3/q+1. The van der Waals surface area contributed by atoms with Gasteiger partial charge in [-0.3, -0.25) is 0 Å². The summed E-state index contributed by atoms with van der Waals surface area (Å²) >= 11 is 0. The lowest BCUT2D eigenvalue weighted by Gasteiger charge is -2.08. The van der Waals surface area contributed by atoms with Gasteiger partial charge in [-0.1, -0.05) is 60.7 Å². The van der Waals surface area contributed by atoms with E-state index in [0.717, 1.165) is 6.54 Å². The Bertz CT molecular complexity index is 563. The fourth-order valence-corrected chi connectivity index (χ4v) is 2.23. The fourth-order valence-electron chi connectivity index (χ4n) is 2.23. The van der Waals surface area contributed by atoms with E-state index in [-0.39, 0.29) is 6.04 Å². The summed E-state index contributed by atoms with van der Waals surface area (Å²) in [5, 5.41) is 6.44. The van der Waals surface area contributed by atoms with Crippen molar-refractivity contribution in [1.82, 2.24) is 5.01 Å². The average molecular weight is 250 g/mol. The molecule has 1 aliphatic heterocycles. The van der Waals surface area contributed by atoms with Crippen molar-refractivity contribution < 1.29 is 4.70 Å². The van der Waals surface area contributed by atoms with E-state index in [1.54, 1.807) is 0 Å². The van der Waals surface area contributed by atoms with E-state index in [1.165, 1.54) is 11.1 Å². The monoisotopic (exact) mass is 250 g/mol. The molecule has 2 aromatic carbocycles. The van der Waals surface area contributed by atoms with Crippen LogP contribution in [0.4, 0.5) is 0 Å². The highest BCUT2D eigenvalue weighted by atomic mass is 15.6. The maximum absolute atomic E-state index is 4.50. The van der Waals surface area contributed by atoms with Crippen molar-refractivity contribution in [2.24, 2.45) is 5.22 Å². The first kappa shape index (κ1) is 11.9. The molecule has 1 heterocycles. The zero-order valence-electron chi connectivity index (χ0n) is 10.9. The van der Waals surface area contributed by atoms with Crippen molar-refractivity contribution in [1.29, 1.82) is 0 Å². The molecule has 3 nitrogen and oxygen atoms in total. The van der Waals surface area contributed by atoms with Gasteiger partial charge >= 0.3 is 0 Å². The van der Waals surface area contributed by atoms with Gasteiger partial charge in [0.05, 0.1) is 12.3 Å². The molecule has 3 heteroatoms. The van der Waals surface area contributed by atoms with Crippen LogP contribution in [-0.4, -0.2) is 16.8 Å². The number of nitrogens with zero attached hydrogens (tertiary/aromatic N) is 3. The van der Waals surface area contributed by atoms with Crippen LogP contribution in [0.2, 0.25) is 0 Å². The Kier molecular flexibility index (Phi) is 3.27. The second-order valence-electron chi connectivity index (χ2n) is 4.65. The lowest BCUT2D eigenvalue weighted by atomic mass is 10.1. The molecule has 0 bridgehead atoms. The summed E-state index contributed by atoms with van der Waals surface area (Å²) in [5.74, 6) is 0. The molecule has 2 aromatic rings. The Balaban J connectivity index is 1.72. The highest BCUT2D eigenvalue weighted by Crippen LogP contribution is 2.28. The number of benzene rings is 2. The predicted octanol–water partition coefficient (Wildman–Crippen LogP) is 3.29. The van der Waals surface area contributed by atoms with Crippen molar-refractivity contribution in [3.8, 4) is 0 Å². The molecule has 1 atom stereocenters. The van der Waals surface area contributed by atoms with E-state index in [2.05, 4.69) is 36.0 Å². The van der Waals surface area contributed by atoms with E-state index in [0.29, 0.717) is 0 Å². The first-order chi connectivity index (χ1) is 9.33. The maximum Gasteiger partial charge on any atom is 0.281 e. The summed E-state index contributed by atoms with van der Waals surface area (Å²) in [6, 6.07) is 20.8. The molecule has 94 valence electrons. The third kappa shape index (κ3) is 2.65.